The summed E-state index contributed by atoms with van der Waals surface area (Å²) >= 11 is 0. The Bertz CT molecular complexity index is 1270. The zero-order chi connectivity index (χ0) is 20.5. The van der Waals surface area contributed by atoms with Gasteiger partial charge in [-0.15, -0.1) is 0 Å². The first-order chi connectivity index (χ1) is 14.1. The number of nitrogens with zero attached hydrogens (tertiary/aromatic N) is 3. The number of aromatic amines is 1. The summed E-state index contributed by atoms with van der Waals surface area (Å²) in [5.41, 5.74) is 9.84. The summed E-state index contributed by atoms with van der Waals surface area (Å²) in [6.07, 6.45) is 3.39. The molecule has 0 atom stereocenters. The Morgan fingerprint density at radius 3 is 2.76 bits per heavy atom. The smallest absolute Gasteiger partial charge is 0.200 e. The lowest BCUT2D eigenvalue weighted by Gasteiger charge is -2.20. The molecule has 0 amide bonds. The predicted octanol–water partition coefficient (Wildman–Crippen LogP) is 3.47. The monoisotopic (exact) mass is 390 g/mol. The Kier molecular flexibility index (Phi) is 4.98. The Labute approximate surface area is 168 Å². The van der Waals surface area contributed by atoms with Crippen LogP contribution in [0.1, 0.15) is 13.8 Å². The highest BCUT2D eigenvalue weighted by molar-refractivity contribution is 6.13. The first kappa shape index (κ1) is 19.0. The molecule has 7 nitrogen and oxygen atoms in total. The van der Waals surface area contributed by atoms with Crippen molar-refractivity contribution in [3.8, 4) is 0 Å². The fraction of sp³-hybridized carbons (Fsp3) is 0.273. The number of pyridine rings is 1. The Morgan fingerprint density at radius 1 is 1.24 bits per heavy atom. The van der Waals surface area contributed by atoms with Crippen LogP contribution >= 0.6 is 0 Å². The Morgan fingerprint density at radius 2 is 2.03 bits per heavy atom. The van der Waals surface area contributed by atoms with E-state index in [9.17, 15) is 4.79 Å². The molecule has 0 fully saturated rings. The van der Waals surface area contributed by atoms with E-state index < -0.39 is 0 Å². The molecule has 0 aliphatic carbocycles. The van der Waals surface area contributed by atoms with E-state index in [1.807, 2.05) is 28.8 Å². The van der Waals surface area contributed by atoms with E-state index in [0.717, 1.165) is 48.3 Å². The third kappa shape index (κ3) is 3.03. The normalized spacial score (nSPS) is 11.7. The van der Waals surface area contributed by atoms with Gasteiger partial charge in [-0.2, -0.15) is 5.10 Å². The molecule has 2 heterocycles. The molecule has 0 bridgehead atoms. The fourth-order valence-electron chi connectivity index (χ4n) is 4.01. The van der Waals surface area contributed by atoms with Crippen molar-refractivity contribution >= 4 is 50.3 Å². The molecular weight excluding hydrogens is 364 g/mol. The number of benzene rings is 2. The SMILES string of the molecule is C=Cn1c2ccc3[nH]ncc3c2c(=O)c2c(NCCN(CC)CC)ccc(N)c21. The highest BCUT2D eigenvalue weighted by Crippen LogP contribution is 2.31. The average Bonchev–Trinajstić information content (AvgIpc) is 3.21. The van der Waals surface area contributed by atoms with Crippen molar-refractivity contribution in [3.63, 3.8) is 0 Å². The average molecular weight is 390 g/mol. The molecule has 7 heteroatoms. The fourth-order valence-corrected chi connectivity index (χ4v) is 4.01. The molecule has 2 aromatic heterocycles. The van der Waals surface area contributed by atoms with Crippen LogP contribution in [0.5, 0.6) is 0 Å². The molecule has 4 rings (SSSR count). The number of nitrogen functional groups attached to an aromatic ring is 1. The molecule has 0 saturated carbocycles. The minimum Gasteiger partial charge on any atom is -0.397 e. The van der Waals surface area contributed by atoms with E-state index >= 15 is 0 Å². The van der Waals surface area contributed by atoms with Gasteiger partial charge in [-0.3, -0.25) is 9.89 Å². The Hall–Kier alpha value is -3.32. The van der Waals surface area contributed by atoms with Crippen molar-refractivity contribution in [1.29, 1.82) is 0 Å². The number of H-pyrrole nitrogens is 1. The van der Waals surface area contributed by atoms with E-state index in [-0.39, 0.29) is 5.43 Å². The molecule has 0 radical (unpaired) electrons. The van der Waals surface area contributed by atoms with Crippen LogP contribution in [0.2, 0.25) is 0 Å². The predicted molar refractivity (Wildman–Crippen MR) is 122 cm³/mol. The number of aromatic nitrogens is 3. The van der Waals surface area contributed by atoms with Crippen LogP contribution < -0.4 is 16.5 Å². The lowest BCUT2D eigenvalue weighted by atomic mass is 10.0. The standard InChI is InChI=1S/C22H26N6O/c1-4-27(5-2)12-11-24-17-8-7-15(23)21-20(17)22(29)19-14-13-25-26-16(14)9-10-18(19)28(21)6-3/h6-10,13,24H,3-5,11-12,23H2,1-2H3,(H,25,26). The lowest BCUT2D eigenvalue weighted by Crippen LogP contribution is -2.28. The van der Waals surface area contributed by atoms with Gasteiger partial charge in [0.25, 0.3) is 0 Å². The topological polar surface area (TPSA) is 92.0 Å². The number of hydrogen-bond donors (Lipinski definition) is 3. The van der Waals surface area contributed by atoms with Gasteiger partial charge in [0.1, 0.15) is 0 Å². The molecule has 150 valence electrons. The van der Waals surface area contributed by atoms with Gasteiger partial charge in [0.05, 0.1) is 39.2 Å². The first-order valence-corrected chi connectivity index (χ1v) is 9.91. The minimum atomic E-state index is -0.0576. The lowest BCUT2D eigenvalue weighted by molar-refractivity contribution is 0.316. The molecule has 0 aliphatic heterocycles. The maximum absolute atomic E-state index is 13.7. The van der Waals surface area contributed by atoms with Gasteiger partial charge in [-0.25, -0.2) is 0 Å². The number of nitrogens with two attached hydrogens (primary N) is 1. The third-order valence-electron chi connectivity index (χ3n) is 5.59. The molecule has 4 N–H and O–H groups in total. The maximum atomic E-state index is 13.7. The molecule has 2 aromatic carbocycles. The van der Waals surface area contributed by atoms with Gasteiger partial charge >= 0.3 is 0 Å². The van der Waals surface area contributed by atoms with Gasteiger partial charge in [0.2, 0.25) is 0 Å². The van der Waals surface area contributed by atoms with Crippen LogP contribution in [0, 0.1) is 0 Å². The van der Waals surface area contributed by atoms with Crippen molar-refractivity contribution in [2.75, 3.05) is 37.2 Å². The highest BCUT2D eigenvalue weighted by atomic mass is 16.1. The number of nitrogens with one attached hydrogen (secondary N) is 2. The second-order valence-electron chi connectivity index (χ2n) is 7.05. The second-order valence-corrected chi connectivity index (χ2v) is 7.05. The van der Waals surface area contributed by atoms with Crippen LogP contribution in [0.3, 0.4) is 0 Å². The van der Waals surface area contributed by atoms with Crippen molar-refractivity contribution in [2.24, 2.45) is 0 Å². The molecule has 0 unspecified atom stereocenters. The molecule has 4 aromatic rings. The highest BCUT2D eigenvalue weighted by Gasteiger charge is 2.18. The van der Waals surface area contributed by atoms with Gasteiger partial charge < -0.3 is 20.5 Å². The van der Waals surface area contributed by atoms with Crippen molar-refractivity contribution in [2.45, 2.75) is 13.8 Å². The summed E-state index contributed by atoms with van der Waals surface area (Å²) < 4.78 is 1.89. The number of fused-ring (bicyclic) bond motifs is 4. The van der Waals surface area contributed by atoms with Gasteiger partial charge in [0, 0.05) is 30.4 Å². The van der Waals surface area contributed by atoms with Crippen LogP contribution in [-0.2, 0) is 0 Å². The summed E-state index contributed by atoms with van der Waals surface area (Å²) in [7, 11) is 0. The minimum absolute atomic E-state index is 0.0576. The van der Waals surface area contributed by atoms with Crippen LogP contribution in [0.4, 0.5) is 11.4 Å². The van der Waals surface area contributed by atoms with Crippen molar-refractivity contribution in [1.82, 2.24) is 19.7 Å². The van der Waals surface area contributed by atoms with E-state index in [1.54, 1.807) is 12.4 Å². The number of rotatable bonds is 7. The molecular formula is C22H26N6O. The molecule has 29 heavy (non-hydrogen) atoms. The van der Waals surface area contributed by atoms with Crippen molar-refractivity contribution in [3.05, 3.63) is 47.3 Å². The summed E-state index contributed by atoms with van der Waals surface area (Å²) in [5, 5.41) is 12.5. The van der Waals surface area contributed by atoms with E-state index in [4.69, 9.17) is 5.73 Å². The zero-order valence-electron chi connectivity index (χ0n) is 16.8. The van der Waals surface area contributed by atoms with Crippen LogP contribution in [0.15, 0.2) is 41.8 Å². The van der Waals surface area contributed by atoms with Gasteiger partial charge in [-0.05, 0) is 37.4 Å². The maximum Gasteiger partial charge on any atom is 0.200 e. The van der Waals surface area contributed by atoms with Gasteiger partial charge in [0.15, 0.2) is 5.43 Å². The Balaban J connectivity index is 1.98. The summed E-state index contributed by atoms with van der Waals surface area (Å²) in [4.78, 5) is 16.0. The van der Waals surface area contributed by atoms with Gasteiger partial charge in [-0.1, -0.05) is 20.4 Å². The van der Waals surface area contributed by atoms with Crippen LogP contribution in [0.25, 0.3) is 38.9 Å². The largest absolute Gasteiger partial charge is 0.397 e. The summed E-state index contributed by atoms with van der Waals surface area (Å²) in [5.74, 6) is 0. The second kappa shape index (κ2) is 7.60. The molecule has 0 aliphatic rings. The van der Waals surface area contributed by atoms with E-state index in [0.29, 0.717) is 22.0 Å². The van der Waals surface area contributed by atoms with Crippen LogP contribution in [-0.4, -0.2) is 45.8 Å². The zero-order valence-corrected chi connectivity index (χ0v) is 16.8. The summed E-state index contributed by atoms with van der Waals surface area (Å²) in [6.45, 7) is 11.9. The van der Waals surface area contributed by atoms with Crippen molar-refractivity contribution < 1.29 is 0 Å². The molecule has 0 spiro atoms. The third-order valence-corrected chi connectivity index (χ3v) is 5.59. The molecule has 0 saturated heterocycles. The van der Waals surface area contributed by atoms with E-state index in [1.165, 1.54) is 0 Å². The quantitative estimate of drug-likeness (QED) is 0.332. The number of likely N-dealkylation sites (N-methyl/N-ethyl adjacent to an activating group) is 1. The summed E-state index contributed by atoms with van der Waals surface area (Å²) in [6, 6.07) is 7.54. The first-order valence-electron chi connectivity index (χ1n) is 9.91. The number of hydrogen-bond acceptors (Lipinski definition) is 5. The van der Waals surface area contributed by atoms with E-state index in [2.05, 4.69) is 40.8 Å². The number of anilines is 2.